The van der Waals surface area contributed by atoms with E-state index in [9.17, 15) is 4.79 Å². The molecule has 1 N–H and O–H groups in total. The standard InChI is InChI=1S/C14H11N3O/c1-10-3-2-4-13(5-10)17-14(18)12-6-11(7-15)8-16-9-12/h2-6,8-9H,1H3,(H,17,18). The maximum atomic E-state index is 11.9. The minimum atomic E-state index is -0.273. The summed E-state index contributed by atoms with van der Waals surface area (Å²) in [4.78, 5) is 15.8. The molecule has 0 aliphatic rings. The summed E-state index contributed by atoms with van der Waals surface area (Å²) in [5, 5.41) is 11.5. The number of rotatable bonds is 2. The molecular formula is C14H11N3O. The Bertz CT molecular complexity index is 629. The number of hydrogen-bond acceptors (Lipinski definition) is 3. The van der Waals surface area contributed by atoms with Gasteiger partial charge < -0.3 is 5.32 Å². The number of benzene rings is 1. The van der Waals surface area contributed by atoms with Crippen LogP contribution in [0.1, 0.15) is 21.5 Å². The zero-order valence-corrected chi connectivity index (χ0v) is 9.84. The number of nitrogens with one attached hydrogen (secondary N) is 1. The van der Waals surface area contributed by atoms with Crippen LogP contribution >= 0.6 is 0 Å². The van der Waals surface area contributed by atoms with Gasteiger partial charge >= 0.3 is 0 Å². The summed E-state index contributed by atoms with van der Waals surface area (Å²) in [5.41, 5.74) is 2.53. The minimum absolute atomic E-state index is 0.273. The normalized spacial score (nSPS) is 9.56. The molecule has 88 valence electrons. The van der Waals surface area contributed by atoms with Crippen LogP contribution in [0.15, 0.2) is 42.7 Å². The maximum Gasteiger partial charge on any atom is 0.257 e. The molecule has 18 heavy (non-hydrogen) atoms. The van der Waals surface area contributed by atoms with Gasteiger partial charge in [-0.25, -0.2) is 0 Å². The third kappa shape index (κ3) is 2.71. The van der Waals surface area contributed by atoms with Crippen molar-refractivity contribution in [3.05, 3.63) is 59.4 Å². The van der Waals surface area contributed by atoms with Gasteiger partial charge in [0.25, 0.3) is 5.91 Å². The molecule has 0 aliphatic carbocycles. The maximum absolute atomic E-state index is 11.9. The Morgan fingerprint density at radius 1 is 1.33 bits per heavy atom. The van der Waals surface area contributed by atoms with Crippen LogP contribution in [0.2, 0.25) is 0 Å². The van der Waals surface area contributed by atoms with Crippen molar-refractivity contribution >= 4 is 11.6 Å². The van der Waals surface area contributed by atoms with Crippen LogP contribution in [0.25, 0.3) is 0 Å². The molecule has 1 aromatic heterocycles. The third-order valence-corrected chi connectivity index (χ3v) is 2.41. The number of hydrogen-bond donors (Lipinski definition) is 1. The van der Waals surface area contributed by atoms with Crippen molar-refractivity contribution in [2.24, 2.45) is 0 Å². The van der Waals surface area contributed by atoms with E-state index in [1.54, 1.807) is 0 Å². The Labute approximate surface area is 105 Å². The average Bonchev–Trinajstić information content (AvgIpc) is 2.39. The van der Waals surface area contributed by atoms with Gasteiger partial charge in [0.2, 0.25) is 0 Å². The summed E-state index contributed by atoms with van der Waals surface area (Å²) in [6, 6.07) is 11.0. The summed E-state index contributed by atoms with van der Waals surface area (Å²) in [5.74, 6) is -0.273. The van der Waals surface area contributed by atoms with E-state index in [-0.39, 0.29) is 5.91 Å². The summed E-state index contributed by atoms with van der Waals surface area (Å²) >= 11 is 0. The Balaban J connectivity index is 2.20. The van der Waals surface area contributed by atoms with Crippen molar-refractivity contribution in [3.8, 4) is 6.07 Å². The summed E-state index contributed by atoms with van der Waals surface area (Å²) < 4.78 is 0. The first kappa shape index (κ1) is 11.8. The van der Waals surface area contributed by atoms with Gasteiger partial charge in [-0.15, -0.1) is 0 Å². The Hall–Kier alpha value is -2.67. The van der Waals surface area contributed by atoms with Gasteiger partial charge in [-0.1, -0.05) is 12.1 Å². The molecule has 1 aromatic carbocycles. The molecule has 0 spiro atoms. The lowest BCUT2D eigenvalue weighted by molar-refractivity contribution is 0.102. The molecule has 0 bridgehead atoms. The van der Waals surface area contributed by atoms with Crippen LogP contribution in [-0.4, -0.2) is 10.9 Å². The van der Waals surface area contributed by atoms with Crippen LogP contribution in [0.5, 0.6) is 0 Å². The van der Waals surface area contributed by atoms with Crippen LogP contribution in [0, 0.1) is 18.3 Å². The van der Waals surface area contributed by atoms with Crippen molar-refractivity contribution in [2.45, 2.75) is 6.92 Å². The zero-order chi connectivity index (χ0) is 13.0. The fourth-order valence-electron chi connectivity index (χ4n) is 1.55. The average molecular weight is 237 g/mol. The lowest BCUT2D eigenvalue weighted by Crippen LogP contribution is -2.12. The first-order valence-electron chi connectivity index (χ1n) is 5.42. The molecule has 1 heterocycles. The van der Waals surface area contributed by atoms with E-state index in [2.05, 4.69) is 10.3 Å². The predicted molar refractivity (Wildman–Crippen MR) is 68.1 cm³/mol. The van der Waals surface area contributed by atoms with Gasteiger partial charge in [0.05, 0.1) is 11.1 Å². The van der Waals surface area contributed by atoms with Crippen molar-refractivity contribution in [3.63, 3.8) is 0 Å². The number of nitrogens with zero attached hydrogens (tertiary/aromatic N) is 2. The molecule has 4 nitrogen and oxygen atoms in total. The van der Waals surface area contributed by atoms with E-state index in [1.807, 2.05) is 37.3 Å². The van der Waals surface area contributed by atoms with Crippen molar-refractivity contribution in [1.29, 1.82) is 5.26 Å². The molecule has 4 heteroatoms. The van der Waals surface area contributed by atoms with E-state index >= 15 is 0 Å². The highest BCUT2D eigenvalue weighted by atomic mass is 16.1. The van der Waals surface area contributed by atoms with Gasteiger partial charge in [0.15, 0.2) is 0 Å². The fourth-order valence-corrected chi connectivity index (χ4v) is 1.55. The topological polar surface area (TPSA) is 65.8 Å². The Morgan fingerprint density at radius 2 is 2.17 bits per heavy atom. The molecule has 0 unspecified atom stereocenters. The monoisotopic (exact) mass is 237 g/mol. The van der Waals surface area contributed by atoms with Gasteiger partial charge in [-0.2, -0.15) is 5.26 Å². The second-order valence-corrected chi connectivity index (χ2v) is 3.90. The van der Waals surface area contributed by atoms with Crippen molar-refractivity contribution in [1.82, 2.24) is 4.98 Å². The quantitative estimate of drug-likeness (QED) is 0.872. The number of aryl methyl sites for hydroxylation is 1. The molecular weight excluding hydrogens is 226 g/mol. The van der Waals surface area contributed by atoms with Gasteiger partial charge in [-0.3, -0.25) is 9.78 Å². The molecule has 1 amide bonds. The van der Waals surface area contributed by atoms with E-state index in [0.717, 1.165) is 11.3 Å². The molecule has 0 aliphatic heterocycles. The molecule has 0 saturated heterocycles. The van der Waals surface area contributed by atoms with Crippen LogP contribution in [-0.2, 0) is 0 Å². The Morgan fingerprint density at radius 3 is 2.89 bits per heavy atom. The summed E-state index contributed by atoms with van der Waals surface area (Å²) in [6.07, 6.45) is 2.86. The lowest BCUT2D eigenvalue weighted by atomic mass is 10.2. The second-order valence-electron chi connectivity index (χ2n) is 3.90. The first-order chi connectivity index (χ1) is 8.69. The van der Waals surface area contributed by atoms with Gasteiger partial charge in [-0.05, 0) is 30.7 Å². The number of anilines is 1. The van der Waals surface area contributed by atoms with E-state index < -0.39 is 0 Å². The van der Waals surface area contributed by atoms with E-state index in [0.29, 0.717) is 11.1 Å². The van der Waals surface area contributed by atoms with Crippen LogP contribution < -0.4 is 5.32 Å². The number of nitriles is 1. The summed E-state index contributed by atoms with van der Waals surface area (Å²) in [7, 11) is 0. The molecule has 0 fully saturated rings. The van der Waals surface area contributed by atoms with Gasteiger partial charge in [0, 0.05) is 18.1 Å². The predicted octanol–water partition coefficient (Wildman–Crippen LogP) is 2.51. The largest absolute Gasteiger partial charge is 0.322 e. The van der Waals surface area contributed by atoms with Gasteiger partial charge in [0.1, 0.15) is 6.07 Å². The SMILES string of the molecule is Cc1cccc(NC(=O)c2cncc(C#N)c2)c1. The molecule has 2 aromatic rings. The van der Waals surface area contributed by atoms with Crippen molar-refractivity contribution < 1.29 is 4.79 Å². The molecule has 0 atom stereocenters. The molecule has 2 rings (SSSR count). The summed E-state index contributed by atoms with van der Waals surface area (Å²) in [6.45, 7) is 1.95. The zero-order valence-electron chi connectivity index (χ0n) is 9.84. The van der Waals surface area contributed by atoms with E-state index in [1.165, 1.54) is 18.5 Å². The number of carbonyl (C=O) groups excluding carboxylic acids is 1. The minimum Gasteiger partial charge on any atom is -0.322 e. The van der Waals surface area contributed by atoms with Crippen molar-refractivity contribution in [2.75, 3.05) is 5.32 Å². The number of aromatic nitrogens is 1. The van der Waals surface area contributed by atoms with Crippen LogP contribution in [0.3, 0.4) is 0 Å². The molecule has 0 radical (unpaired) electrons. The fraction of sp³-hybridized carbons (Fsp3) is 0.0714. The Kier molecular flexibility index (Phi) is 3.35. The number of carbonyl (C=O) groups is 1. The highest BCUT2D eigenvalue weighted by Crippen LogP contribution is 2.11. The number of amides is 1. The highest BCUT2D eigenvalue weighted by Gasteiger charge is 2.07. The van der Waals surface area contributed by atoms with E-state index in [4.69, 9.17) is 5.26 Å². The lowest BCUT2D eigenvalue weighted by Gasteiger charge is -2.05. The first-order valence-corrected chi connectivity index (χ1v) is 5.42. The molecule has 0 saturated carbocycles. The van der Waals surface area contributed by atoms with Crippen LogP contribution in [0.4, 0.5) is 5.69 Å². The second kappa shape index (κ2) is 5.11. The number of pyridine rings is 1. The third-order valence-electron chi connectivity index (χ3n) is 2.41. The highest BCUT2D eigenvalue weighted by molar-refractivity contribution is 6.04. The smallest absolute Gasteiger partial charge is 0.257 e.